The maximum Gasteiger partial charge on any atom is 0.144 e. The molecule has 2 aromatic rings. The van der Waals surface area contributed by atoms with Gasteiger partial charge in [-0.3, -0.25) is 19.8 Å². The Balaban J connectivity index is 2.09. The zero-order valence-electron chi connectivity index (χ0n) is 14.3. The molecule has 2 heterocycles. The predicted molar refractivity (Wildman–Crippen MR) is 102 cm³/mol. The first-order valence-electron chi connectivity index (χ1n) is 8.26. The van der Waals surface area contributed by atoms with Gasteiger partial charge in [0.15, 0.2) is 0 Å². The Morgan fingerprint density at radius 2 is 2.23 bits per heavy atom. The number of aliphatic hydroxyl groups is 1. The van der Waals surface area contributed by atoms with Crippen molar-refractivity contribution in [2.45, 2.75) is 6.92 Å². The van der Waals surface area contributed by atoms with Gasteiger partial charge >= 0.3 is 0 Å². The van der Waals surface area contributed by atoms with Gasteiger partial charge in [0.05, 0.1) is 36.8 Å². The van der Waals surface area contributed by atoms with E-state index < -0.39 is 5.92 Å². The molecule has 0 fully saturated rings. The number of rotatable bonds is 5. The van der Waals surface area contributed by atoms with Gasteiger partial charge in [-0.25, -0.2) is 0 Å². The number of hydrazone groups is 1. The van der Waals surface area contributed by atoms with Crippen LogP contribution in [0.3, 0.4) is 0 Å². The SMILES string of the molecule is CC(=O)C1C(=Nc2cccc(Cl)c2)CN(CCO)N=C1c1cccnc1. The lowest BCUT2D eigenvalue weighted by atomic mass is 9.88. The van der Waals surface area contributed by atoms with Crippen LogP contribution in [0.2, 0.25) is 5.02 Å². The lowest BCUT2D eigenvalue weighted by molar-refractivity contribution is -0.117. The van der Waals surface area contributed by atoms with Crippen molar-refractivity contribution in [2.24, 2.45) is 16.0 Å². The molecule has 1 N–H and O–H groups in total. The average molecular weight is 371 g/mol. The number of halogens is 1. The van der Waals surface area contributed by atoms with Crippen molar-refractivity contribution in [3.05, 3.63) is 59.4 Å². The van der Waals surface area contributed by atoms with Crippen molar-refractivity contribution in [3.63, 3.8) is 0 Å². The molecule has 1 aliphatic heterocycles. The third kappa shape index (κ3) is 4.15. The first-order valence-corrected chi connectivity index (χ1v) is 8.64. The Morgan fingerprint density at radius 1 is 1.38 bits per heavy atom. The molecule has 6 nitrogen and oxygen atoms in total. The minimum atomic E-state index is -0.562. The molecular weight excluding hydrogens is 352 g/mol. The molecule has 0 spiro atoms. The molecule has 0 saturated carbocycles. The summed E-state index contributed by atoms with van der Waals surface area (Å²) in [5, 5.41) is 16.2. The molecule has 26 heavy (non-hydrogen) atoms. The van der Waals surface area contributed by atoms with Crippen molar-refractivity contribution in [2.75, 3.05) is 19.7 Å². The highest BCUT2D eigenvalue weighted by atomic mass is 35.5. The molecular formula is C19H19ClN4O2. The summed E-state index contributed by atoms with van der Waals surface area (Å²) in [6.07, 6.45) is 3.34. The number of benzene rings is 1. The van der Waals surface area contributed by atoms with Gasteiger partial charge < -0.3 is 5.11 Å². The quantitative estimate of drug-likeness (QED) is 0.877. The summed E-state index contributed by atoms with van der Waals surface area (Å²) >= 11 is 6.05. The Bertz CT molecular complexity index is 852. The van der Waals surface area contributed by atoms with E-state index in [1.165, 1.54) is 6.92 Å². The first-order chi connectivity index (χ1) is 12.6. The highest BCUT2D eigenvalue weighted by molar-refractivity contribution is 6.31. The summed E-state index contributed by atoms with van der Waals surface area (Å²) in [6, 6.07) is 10.8. The van der Waals surface area contributed by atoms with Gasteiger partial charge in [-0.2, -0.15) is 5.10 Å². The van der Waals surface area contributed by atoms with Gasteiger partial charge in [0.1, 0.15) is 11.7 Å². The number of carbonyl (C=O) groups excluding carboxylic acids is 1. The number of pyridine rings is 1. The number of hydrogen-bond donors (Lipinski definition) is 1. The van der Waals surface area contributed by atoms with E-state index in [2.05, 4.69) is 15.1 Å². The van der Waals surface area contributed by atoms with Crippen LogP contribution < -0.4 is 0 Å². The monoisotopic (exact) mass is 370 g/mol. The molecule has 1 aliphatic rings. The minimum Gasteiger partial charge on any atom is -0.394 e. The minimum absolute atomic E-state index is 0.0427. The largest absolute Gasteiger partial charge is 0.394 e. The standard InChI is InChI=1S/C19H19ClN4O2/c1-13(26)18-17(22-16-6-2-5-15(20)10-16)12-24(8-9-25)23-19(18)14-4-3-7-21-11-14/h2-7,10-11,18,25H,8-9,12H2,1H3. The Hall–Kier alpha value is -2.57. The van der Waals surface area contributed by atoms with Crippen LogP contribution in [0.4, 0.5) is 5.69 Å². The second-order valence-electron chi connectivity index (χ2n) is 5.97. The van der Waals surface area contributed by atoms with Crippen LogP contribution in [0.5, 0.6) is 0 Å². The van der Waals surface area contributed by atoms with Crippen LogP contribution >= 0.6 is 11.6 Å². The van der Waals surface area contributed by atoms with Crippen molar-refractivity contribution in [1.82, 2.24) is 9.99 Å². The van der Waals surface area contributed by atoms with E-state index in [1.54, 1.807) is 35.6 Å². The van der Waals surface area contributed by atoms with Gasteiger partial charge in [-0.1, -0.05) is 17.7 Å². The summed E-state index contributed by atoms with van der Waals surface area (Å²) in [7, 11) is 0. The fourth-order valence-electron chi connectivity index (χ4n) is 2.90. The normalized spacial score (nSPS) is 18.7. The third-order valence-corrected chi connectivity index (χ3v) is 4.24. The third-order valence-electron chi connectivity index (χ3n) is 4.00. The second kappa shape index (κ2) is 8.21. The summed E-state index contributed by atoms with van der Waals surface area (Å²) in [5.74, 6) is -0.606. The van der Waals surface area contributed by atoms with Crippen molar-refractivity contribution in [1.29, 1.82) is 0 Å². The lowest BCUT2D eigenvalue weighted by Crippen LogP contribution is -2.44. The molecule has 0 bridgehead atoms. The fourth-order valence-corrected chi connectivity index (χ4v) is 3.09. The molecule has 0 aliphatic carbocycles. The van der Waals surface area contributed by atoms with E-state index in [1.807, 2.05) is 18.2 Å². The van der Waals surface area contributed by atoms with Gasteiger partial charge in [0, 0.05) is 23.0 Å². The number of β-amino-alcohol motifs (C(OH)–C–C–N with tert-alkyl or cyclic N) is 1. The topological polar surface area (TPSA) is 78.2 Å². The number of aliphatic hydroxyl groups excluding tert-OH is 1. The van der Waals surface area contributed by atoms with Crippen molar-refractivity contribution < 1.29 is 9.90 Å². The highest BCUT2D eigenvalue weighted by Gasteiger charge is 2.33. The maximum absolute atomic E-state index is 12.4. The summed E-state index contributed by atoms with van der Waals surface area (Å²) in [6.45, 7) is 2.20. The zero-order valence-corrected chi connectivity index (χ0v) is 15.1. The van der Waals surface area contributed by atoms with Crippen LogP contribution in [-0.2, 0) is 4.79 Å². The number of Topliss-reactive ketones (excluding diaryl/α,β-unsaturated/α-hetero) is 1. The second-order valence-corrected chi connectivity index (χ2v) is 6.40. The average Bonchev–Trinajstić information content (AvgIpc) is 2.62. The number of carbonyl (C=O) groups is 1. The summed E-state index contributed by atoms with van der Waals surface area (Å²) in [4.78, 5) is 21.2. The van der Waals surface area contributed by atoms with Crippen LogP contribution in [0, 0.1) is 5.92 Å². The molecule has 1 aromatic heterocycles. The first kappa shape index (κ1) is 18.2. The molecule has 1 unspecified atom stereocenters. The molecule has 7 heteroatoms. The molecule has 3 rings (SSSR count). The summed E-state index contributed by atoms with van der Waals surface area (Å²) < 4.78 is 0. The molecule has 1 aromatic carbocycles. The smallest absolute Gasteiger partial charge is 0.144 e. The summed E-state index contributed by atoms with van der Waals surface area (Å²) in [5.41, 5.74) is 2.69. The zero-order chi connectivity index (χ0) is 18.5. The van der Waals surface area contributed by atoms with E-state index in [9.17, 15) is 9.90 Å². The van der Waals surface area contributed by atoms with Crippen LogP contribution in [-0.4, -0.2) is 52.0 Å². The Labute approximate surface area is 156 Å². The number of ketones is 1. The van der Waals surface area contributed by atoms with Gasteiger partial charge in [0.2, 0.25) is 0 Å². The van der Waals surface area contributed by atoms with Gasteiger partial charge in [-0.15, -0.1) is 0 Å². The predicted octanol–water partition coefficient (Wildman–Crippen LogP) is 2.72. The number of hydrogen-bond acceptors (Lipinski definition) is 6. The molecule has 0 amide bonds. The molecule has 0 radical (unpaired) electrons. The van der Waals surface area contributed by atoms with E-state index in [4.69, 9.17) is 11.6 Å². The van der Waals surface area contributed by atoms with Crippen LogP contribution in [0.1, 0.15) is 12.5 Å². The fraction of sp³-hybridized carbons (Fsp3) is 0.263. The maximum atomic E-state index is 12.4. The Kier molecular flexibility index (Phi) is 5.75. The van der Waals surface area contributed by atoms with E-state index in [0.717, 1.165) is 5.56 Å². The van der Waals surface area contributed by atoms with Crippen molar-refractivity contribution >= 4 is 34.5 Å². The number of nitrogens with zero attached hydrogens (tertiary/aromatic N) is 4. The highest BCUT2D eigenvalue weighted by Crippen LogP contribution is 2.24. The molecule has 0 saturated heterocycles. The van der Waals surface area contributed by atoms with E-state index in [-0.39, 0.29) is 12.4 Å². The lowest BCUT2D eigenvalue weighted by Gasteiger charge is -2.31. The van der Waals surface area contributed by atoms with Crippen LogP contribution in [0.25, 0.3) is 0 Å². The number of aliphatic imine (C=N–C) groups is 1. The van der Waals surface area contributed by atoms with E-state index in [0.29, 0.717) is 35.2 Å². The van der Waals surface area contributed by atoms with E-state index >= 15 is 0 Å². The van der Waals surface area contributed by atoms with Crippen molar-refractivity contribution in [3.8, 4) is 0 Å². The van der Waals surface area contributed by atoms with Gasteiger partial charge in [0.25, 0.3) is 0 Å². The van der Waals surface area contributed by atoms with Gasteiger partial charge in [-0.05, 0) is 37.3 Å². The van der Waals surface area contributed by atoms with Crippen LogP contribution in [0.15, 0.2) is 58.9 Å². The number of aromatic nitrogens is 1. The Morgan fingerprint density at radius 3 is 2.88 bits per heavy atom. The molecule has 134 valence electrons. The molecule has 1 atom stereocenters.